The molecule has 3 rings (SSSR count). The average molecular weight is 443 g/mol. The highest BCUT2D eigenvalue weighted by Gasteiger charge is 2.49. The van der Waals surface area contributed by atoms with E-state index in [0.717, 1.165) is 6.42 Å². The number of aromatic nitrogens is 2. The summed E-state index contributed by atoms with van der Waals surface area (Å²) in [7, 11) is 1.56. The summed E-state index contributed by atoms with van der Waals surface area (Å²) in [6.07, 6.45) is 0.818. The third kappa shape index (κ3) is 4.46. The highest BCUT2D eigenvalue weighted by molar-refractivity contribution is 6.12. The number of methoxy groups -OCH3 is 1. The van der Waals surface area contributed by atoms with Gasteiger partial charge < -0.3 is 14.8 Å². The summed E-state index contributed by atoms with van der Waals surface area (Å²) in [6, 6.07) is 8.34. The fourth-order valence-electron chi connectivity index (χ4n) is 3.69. The van der Waals surface area contributed by atoms with Gasteiger partial charge in [0.05, 0.1) is 20.3 Å². The van der Waals surface area contributed by atoms with Gasteiger partial charge in [-0.25, -0.2) is 4.79 Å². The normalized spacial score (nSPS) is 17.8. The van der Waals surface area contributed by atoms with Crippen molar-refractivity contribution in [2.75, 3.05) is 25.2 Å². The second-order valence-corrected chi connectivity index (χ2v) is 8.34. The fraction of sp³-hybridized carbons (Fsp3) is 0.478. The first-order chi connectivity index (χ1) is 15.2. The summed E-state index contributed by atoms with van der Waals surface area (Å²) in [6.45, 7) is 8.34. The summed E-state index contributed by atoms with van der Waals surface area (Å²) in [5, 5.41) is 7.21. The van der Waals surface area contributed by atoms with E-state index in [1.54, 1.807) is 45.2 Å². The number of amides is 2. The Kier molecular flexibility index (Phi) is 6.86. The first-order valence-electron chi connectivity index (χ1n) is 10.7. The van der Waals surface area contributed by atoms with Gasteiger partial charge in [0.2, 0.25) is 5.91 Å². The molecule has 1 N–H and O–H groups in total. The van der Waals surface area contributed by atoms with Gasteiger partial charge in [0.15, 0.2) is 5.69 Å². The molecule has 0 bridgehead atoms. The van der Waals surface area contributed by atoms with Crippen LogP contribution in [0.15, 0.2) is 30.3 Å². The Morgan fingerprint density at radius 1 is 1.25 bits per heavy atom. The number of nitrogens with one attached hydrogen (secondary N) is 1. The molecule has 0 aliphatic carbocycles. The van der Waals surface area contributed by atoms with Crippen LogP contribution < -0.4 is 15.0 Å². The van der Waals surface area contributed by atoms with E-state index in [2.05, 4.69) is 24.3 Å². The predicted molar refractivity (Wildman–Crippen MR) is 119 cm³/mol. The smallest absolute Gasteiger partial charge is 0.358 e. The molecule has 1 atom stereocenters. The molecule has 172 valence electrons. The molecule has 2 heterocycles. The van der Waals surface area contributed by atoms with E-state index in [-0.39, 0.29) is 30.4 Å². The number of hydrogen-bond acceptors (Lipinski definition) is 6. The maximum atomic E-state index is 13.6. The zero-order chi connectivity index (χ0) is 23.5. The second kappa shape index (κ2) is 9.42. The van der Waals surface area contributed by atoms with Gasteiger partial charge in [0, 0.05) is 18.3 Å². The minimum atomic E-state index is -1.26. The molecule has 9 heteroatoms. The van der Waals surface area contributed by atoms with E-state index in [4.69, 9.17) is 9.47 Å². The minimum Gasteiger partial charge on any atom is -0.497 e. The number of ether oxygens (including phenoxy) is 2. The molecule has 2 amide bonds. The van der Waals surface area contributed by atoms with Crippen molar-refractivity contribution in [3.63, 3.8) is 0 Å². The van der Waals surface area contributed by atoms with Crippen molar-refractivity contribution in [1.29, 1.82) is 0 Å². The third-order valence-corrected chi connectivity index (χ3v) is 5.46. The topological polar surface area (TPSA) is 103 Å². The zero-order valence-electron chi connectivity index (χ0n) is 19.2. The van der Waals surface area contributed by atoms with E-state index in [1.165, 1.54) is 15.6 Å². The van der Waals surface area contributed by atoms with Gasteiger partial charge in [0.25, 0.3) is 5.91 Å². The van der Waals surface area contributed by atoms with Crippen LogP contribution in [0.5, 0.6) is 5.75 Å². The number of hydrogen-bond donors (Lipinski definition) is 1. The molecule has 0 unspecified atom stereocenters. The van der Waals surface area contributed by atoms with Crippen molar-refractivity contribution in [3.8, 4) is 5.75 Å². The molecule has 2 aromatic rings. The van der Waals surface area contributed by atoms with Crippen LogP contribution in [0.4, 0.5) is 5.69 Å². The molecule has 0 radical (unpaired) electrons. The molecule has 9 nitrogen and oxygen atoms in total. The minimum absolute atomic E-state index is 0.0364. The largest absolute Gasteiger partial charge is 0.497 e. The molecule has 0 spiro atoms. The molecule has 1 aliphatic rings. The number of carbonyl (C=O) groups is 3. The summed E-state index contributed by atoms with van der Waals surface area (Å²) >= 11 is 0. The first kappa shape index (κ1) is 23.3. The first-order valence-corrected chi connectivity index (χ1v) is 10.7. The lowest BCUT2D eigenvalue weighted by Gasteiger charge is -2.43. The monoisotopic (exact) mass is 442 g/mol. The third-order valence-electron chi connectivity index (χ3n) is 5.46. The Balaban J connectivity index is 2.02. The van der Waals surface area contributed by atoms with Gasteiger partial charge in [-0.3, -0.25) is 19.2 Å². The van der Waals surface area contributed by atoms with E-state index in [9.17, 15) is 14.4 Å². The number of nitrogens with zero attached hydrogens (tertiary/aromatic N) is 3. The Morgan fingerprint density at radius 3 is 2.53 bits per heavy atom. The maximum Gasteiger partial charge on any atom is 0.358 e. The Hall–Kier alpha value is -3.36. The van der Waals surface area contributed by atoms with Crippen molar-refractivity contribution in [1.82, 2.24) is 15.1 Å². The van der Waals surface area contributed by atoms with Crippen LogP contribution >= 0.6 is 0 Å². The summed E-state index contributed by atoms with van der Waals surface area (Å²) in [4.78, 5) is 40.6. The number of rotatable bonds is 8. The van der Waals surface area contributed by atoms with Crippen LogP contribution in [0.3, 0.4) is 0 Å². The number of anilines is 1. The number of carbonyl (C=O) groups excluding carboxylic acids is 3. The van der Waals surface area contributed by atoms with Crippen LogP contribution in [0.25, 0.3) is 0 Å². The van der Waals surface area contributed by atoms with Crippen molar-refractivity contribution < 1.29 is 23.9 Å². The highest BCUT2D eigenvalue weighted by atomic mass is 16.5. The number of fused-ring (bicyclic) bond motifs is 1. The van der Waals surface area contributed by atoms with Crippen LogP contribution in [0.1, 0.15) is 55.1 Å². The molecule has 32 heavy (non-hydrogen) atoms. The molecule has 0 saturated carbocycles. The molecule has 0 saturated heterocycles. The van der Waals surface area contributed by atoms with E-state index in [1.807, 2.05) is 0 Å². The molecule has 1 aliphatic heterocycles. The van der Waals surface area contributed by atoms with E-state index < -0.39 is 17.4 Å². The standard InChI is InChI=1S/C23H30N4O5/c1-6-32-21(29)18-13-19-20(28)27(16-7-9-17(31-5)10-8-16)23(4,14-26(19)25-18)22(30)24-12-11-15(2)3/h7-10,13,15H,6,11-12,14H2,1-5H3,(H,24,30)/t23-/m1/s1. The van der Waals surface area contributed by atoms with Gasteiger partial charge in [-0.15, -0.1) is 0 Å². The summed E-state index contributed by atoms with van der Waals surface area (Å²) < 4.78 is 11.7. The van der Waals surface area contributed by atoms with E-state index in [0.29, 0.717) is 23.9 Å². The van der Waals surface area contributed by atoms with E-state index >= 15 is 0 Å². The second-order valence-electron chi connectivity index (χ2n) is 8.34. The van der Waals surface area contributed by atoms with Crippen LogP contribution in [-0.2, 0) is 16.1 Å². The molecule has 1 aromatic carbocycles. The lowest BCUT2D eigenvalue weighted by atomic mass is 9.93. The van der Waals surface area contributed by atoms with Gasteiger partial charge in [-0.1, -0.05) is 13.8 Å². The maximum absolute atomic E-state index is 13.6. The Labute approximate surface area is 187 Å². The quantitative estimate of drug-likeness (QED) is 0.631. The van der Waals surface area contributed by atoms with Gasteiger partial charge in [-0.2, -0.15) is 5.10 Å². The SMILES string of the molecule is CCOC(=O)c1cc2n(n1)C[C@](C)(C(=O)NCCC(C)C)N(c1ccc(OC)cc1)C2=O. The Morgan fingerprint density at radius 2 is 1.94 bits per heavy atom. The molecular formula is C23H30N4O5. The van der Waals surface area contributed by atoms with Crippen molar-refractivity contribution in [2.45, 2.75) is 46.2 Å². The predicted octanol–water partition coefficient (Wildman–Crippen LogP) is 2.65. The lowest BCUT2D eigenvalue weighted by Crippen LogP contribution is -2.64. The number of benzene rings is 1. The van der Waals surface area contributed by atoms with Gasteiger partial charge in [-0.05, 0) is 50.5 Å². The fourth-order valence-corrected chi connectivity index (χ4v) is 3.69. The van der Waals surface area contributed by atoms with Crippen molar-refractivity contribution >= 4 is 23.5 Å². The lowest BCUT2D eigenvalue weighted by molar-refractivity contribution is -0.126. The van der Waals surface area contributed by atoms with Crippen molar-refractivity contribution in [3.05, 3.63) is 41.7 Å². The average Bonchev–Trinajstić information content (AvgIpc) is 3.18. The van der Waals surface area contributed by atoms with Gasteiger partial charge >= 0.3 is 5.97 Å². The Bertz CT molecular complexity index is 998. The van der Waals surface area contributed by atoms with Crippen LogP contribution in [-0.4, -0.2) is 53.4 Å². The zero-order valence-corrected chi connectivity index (χ0v) is 19.2. The summed E-state index contributed by atoms with van der Waals surface area (Å²) in [5.74, 6) is -0.261. The molecule has 1 aromatic heterocycles. The van der Waals surface area contributed by atoms with Gasteiger partial charge in [0.1, 0.15) is 17.0 Å². The highest BCUT2D eigenvalue weighted by Crippen LogP contribution is 2.33. The van der Waals surface area contributed by atoms with Crippen LogP contribution in [0.2, 0.25) is 0 Å². The van der Waals surface area contributed by atoms with Crippen LogP contribution in [0, 0.1) is 5.92 Å². The summed E-state index contributed by atoms with van der Waals surface area (Å²) in [5.41, 5.74) is -0.457. The molecular weight excluding hydrogens is 412 g/mol. The molecule has 0 fully saturated rings. The van der Waals surface area contributed by atoms with Crippen molar-refractivity contribution in [2.24, 2.45) is 5.92 Å². The number of esters is 1.